The Morgan fingerprint density at radius 1 is 1.13 bits per heavy atom. The van der Waals surface area contributed by atoms with E-state index in [9.17, 15) is 30.8 Å². The Kier molecular flexibility index (Phi) is 7.17. The molecule has 0 aromatic rings. The van der Waals surface area contributed by atoms with Crippen LogP contribution in [0.5, 0.6) is 0 Å². The van der Waals surface area contributed by atoms with Crippen LogP contribution in [0.1, 0.15) is 52.4 Å². The van der Waals surface area contributed by atoms with Gasteiger partial charge in [0.25, 0.3) is 10.1 Å². The van der Waals surface area contributed by atoms with Crippen LogP contribution in [-0.4, -0.2) is 41.7 Å². The molecule has 0 heterocycles. The molecule has 0 aliphatic heterocycles. The summed E-state index contributed by atoms with van der Waals surface area (Å²) in [6.07, 6.45) is 1.20. The molecule has 5 nitrogen and oxygen atoms in total. The SMILES string of the molecule is CC1CC2CC(C)CC(OC(=O)CCSC3=C(F)C(F)C(S(=O)(=O)O)C(F)=C3F)(C1)C2. The topological polar surface area (TPSA) is 80.7 Å². The van der Waals surface area contributed by atoms with Gasteiger partial charge >= 0.3 is 5.97 Å². The van der Waals surface area contributed by atoms with E-state index in [0.29, 0.717) is 29.5 Å². The fourth-order valence-electron chi connectivity index (χ4n) is 5.41. The van der Waals surface area contributed by atoms with Gasteiger partial charge in [-0.05, 0) is 49.9 Å². The second-order valence-electron chi connectivity index (χ2n) is 9.09. The number of carbonyl (C=O) groups is 1. The van der Waals surface area contributed by atoms with Crippen LogP contribution in [0.25, 0.3) is 0 Å². The van der Waals surface area contributed by atoms with Crippen molar-refractivity contribution < 1.29 is 40.1 Å². The maximum absolute atomic E-state index is 14.1. The van der Waals surface area contributed by atoms with Crippen LogP contribution in [0.4, 0.5) is 17.6 Å². The van der Waals surface area contributed by atoms with Crippen LogP contribution in [-0.2, 0) is 19.6 Å². The lowest BCUT2D eigenvalue weighted by Gasteiger charge is -2.49. The number of rotatable bonds is 6. The van der Waals surface area contributed by atoms with Crippen LogP contribution in [0.2, 0.25) is 0 Å². The summed E-state index contributed by atoms with van der Waals surface area (Å²) >= 11 is 0.361. The highest BCUT2D eigenvalue weighted by atomic mass is 32.2. The van der Waals surface area contributed by atoms with Gasteiger partial charge in [-0.15, -0.1) is 11.8 Å². The van der Waals surface area contributed by atoms with Crippen LogP contribution in [0.15, 0.2) is 22.4 Å². The van der Waals surface area contributed by atoms with Crippen molar-refractivity contribution in [2.24, 2.45) is 17.8 Å². The quantitative estimate of drug-likeness (QED) is 0.316. The van der Waals surface area contributed by atoms with E-state index in [1.54, 1.807) is 0 Å². The molecule has 0 aromatic carbocycles. The van der Waals surface area contributed by atoms with Gasteiger partial charge in [-0.25, -0.2) is 17.6 Å². The van der Waals surface area contributed by atoms with Gasteiger partial charge in [0.2, 0.25) is 0 Å². The van der Waals surface area contributed by atoms with Gasteiger partial charge in [-0.1, -0.05) is 13.8 Å². The number of fused-ring (bicyclic) bond motifs is 2. The van der Waals surface area contributed by atoms with E-state index in [2.05, 4.69) is 13.8 Å². The van der Waals surface area contributed by atoms with Gasteiger partial charge < -0.3 is 4.74 Å². The van der Waals surface area contributed by atoms with Crippen molar-refractivity contribution in [1.29, 1.82) is 0 Å². The van der Waals surface area contributed by atoms with Crippen molar-refractivity contribution in [3.05, 3.63) is 22.4 Å². The maximum atomic E-state index is 14.1. The zero-order valence-corrected chi connectivity index (χ0v) is 18.9. The Morgan fingerprint density at radius 2 is 1.71 bits per heavy atom. The number of thioether (sulfide) groups is 1. The molecular weight excluding hydrogens is 460 g/mol. The van der Waals surface area contributed by atoms with Crippen molar-refractivity contribution in [3.63, 3.8) is 0 Å². The molecule has 3 aliphatic carbocycles. The van der Waals surface area contributed by atoms with Crippen LogP contribution < -0.4 is 0 Å². The van der Waals surface area contributed by atoms with Crippen LogP contribution >= 0.6 is 11.8 Å². The van der Waals surface area contributed by atoms with Crippen molar-refractivity contribution in [2.75, 3.05) is 5.75 Å². The van der Waals surface area contributed by atoms with E-state index >= 15 is 0 Å². The first-order valence-electron chi connectivity index (χ1n) is 10.2. The first-order chi connectivity index (χ1) is 14.3. The lowest BCUT2D eigenvalue weighted by Crippen LogP contribution is -2.47. The van der Waals surface area contributed by atoms with Gasteiger partial charge in [0.1, 0.15) is 5.60 Å². The number of ether oxygens (including phenoxy) is 1. The van der Waals surface area contributed by atoms with E-state index in [4.69, 9.17) is 9.29 Å². The van der Waals surface area contributed by atoms with E-state index < -0.39 is 55.5 Å². The van der Waals surface area contributed by atoms with Crippen LogP contribution in [0.3, 0.4) is 0 Å². The second kappa shape index (κ2) is 9.05. The molecule has 0 aromatic heterocycles. The minimum Gasteiger partial charge on any atom is -0.459 e. The number of halogens is 4. The van der Waals surface area contributed by atoms with Gasteiger partial charge in [-0.2, -0.15) is 8.42 Å². The summed E-state index contributed by atoms with van der Waals surface area (Å²) in [4.78, 5) is 11.4. The molecule has 3 aliphatic rings. The Morgan fingerprint density at radius 3 is 2.26 bits per heavy atom. The highest BCUT2D eigenvalue weighted by molar-refractivity contribution is 8.03. The Balaban J connectivity index is 1.62. The number of carbonyl (C=O) groups excluding carboxylic acids is 1. The molecule has 2 bridgehead atoms. The van der Waals surface area contributed by atoms with Crippen molar-refractivity contribution in [3.8, 4) is 0 Å². The molecule has 2 fully saturated rings. The number of allylic oxidation sites excluding steroid dienone is 2. The number of alkyl halides is 1. The molecule has 0 spiro atoms. The molecule has 3 rings (SSSR count). The third-order valence-corrected chi connectivity index (χ3v) is 8.32. The standard InChI is InChI=1S/C20H26F4O5S2/c1-10-5-12-6-11(2)8-20(7-10,9-12)29-13(25)3-4-30-18-14(21)16(23)19(31(26,27)28)17(24)15(18)22/h10-12,16,19H,3-9H2,1-2H3,(H,26,27,28). The molecule has 2 saturated carbocycles. The smallest absolute Gasteiger partial charge is 0.307 e. The van der Waals surface area contributed by atoms with Gasteiger partial charge in [-0.3, -0.25) is 9.35 Å². The fourth-order valence-corrected chi connectivity index (χ4v) is 7.14. The predicted molar refractivity (Wildman–Crippen MR) is 108 cm³/mol. The van der Waals surface area contributed by atoms with E-state index in [0.717, 1.165) is 32.1 Å². The Labute approximate surface area is 183 Å². The number of esters is 1. The first kappa shape index (κ1) is 24.6. The number of hydrogen-bond donors (Lipinski definition) is 1. The normalized spacial score (nSPS) is 36.5. The zero-order valence-electron chi connectivity index (χ0n) is 17.2. The summed E-state index contributed by atoms with van der Waals surface area (Å²) in [5, 5.41) is -2.98. The van der Waals surface area contributed by atoms with E-state index in [1.807, 2.05) is 0 Å². The Hall–Kier alpha value is -1.07. The van der Waals surface area contributed by atoms with Crippen molar-refractivity contribution >= 4 is 27.8 Å². The molecule has 0 radical (unpaired) electrons. The molecular formula is C20H26F4O5S2. The highest BCUT2D eigenvalue weighted by Gasteiger charge is 2.48. The Bertz CT molecular complexity index is 882. The van der Waals surface area contributed by atoms with Gasteiger partial charge in [0, 0.05) is 5.75 Å². The second-order valence-corrected chi connectivity index (χ2v) is 11.7. The van der Waals surface area contributed by atoms with Crippen molar-refractivity contribution in [2.45, 2.75) is 69.4 Å². The molecule has 4 atom stereocenters. The fraction of sp³-hybridized carbons (Fsp3) is 0.750. The van der Waals surface area contributed by atoms with Crippen molar-refractivity contribution in [1.82, 2.24) is 0 Å². The number of hydrogen-bond acceptors (Lipinski definition) is 5. The summed E-state index contributed by atoms with van der Waals surface area (Å²) < 4.78 is 93.0. The van der Waals surface area contributed by atoms with Crippen LogP contribution in [0, 0.1) is 17.8 Å². The summed E-state index contributed by atoms with van der Waals surface area (Å²) in [6, 6.07) is 0. The average molecular weight is 487 g/mol. The average Bonchev–Trinajstić information content (AvgIpc) is 2.60. The lowest BCUT2D eigenvalue weighted by molar-refractivity contribution is -0.174. The third-order valence-electron chi connectivity index (χ3n) is 6.16. The molecule has 11 heteroatoms. The third kappa shape index (κ3) is 5.30. The maximum Gasteiger partial charge on any atom is 0.307 e. The molecule has 0 amide bonds. The minimum absolute atomic E-state index is 0.212. The summed E-state index contributed by atoms with van der Waals surface area (Å²) in [7, 11) is -5.39. The predicted octanol–water partition coefficient (Wildman–Crippen LogP) is 5.20. The highest BCUT2D eigenvalue weighted by Crippen LogP contribution is 2.49. The van der Waals surface area contributed by atoms with E-state index in [-0.39, 0.29) is 12.2 Å². The molecule has 1 N–H and O–H groups in total. The molecule has 4 unspecified atom stereocenters. The summed E-state index contributed by atoms with van der Waals surface area (Å²) in [6.45, 7) is 4.24. The lowest BCUT2D eigenvalue weighted by atomic mass is 9.63. The summed E-state index contributed by atoms with van der Waals surface area (Å²) in [5.74, 6) is -5.24. The molecule has 31 heavy (non-hydrogen) atoms. The first-order valence-corrected chi connectivity index (χ1v) is 12.7. The largest absolute Gasteiger partial charge is 0.459 e. The molecule has 0 saturated heterocycles. The van der Waals surface area contributed by atoms with E-state index in [1.165, 1.54) is 0 Å². The van der Waals surface area contributed by atoms with Gasteiger partial charge in [0.05, 0.1) is 11.3 Å². The zero-order chi connectivity index (χ0) is 23.1. The minimum atomic E-state index is -5.39. The molecule has 176 valence electrons. The summed E-state index contributed by atoms with van der Waals surface area (Å²) in [5.41, 5.74) is -0.541. The monoisotopic (exact) mass is 486 g/mol. The van der Waals surface area contributed by atoms with Gasteiger partial charge in [0.15, 0.2) is 28.9 Å².